The number of nitrogens with one attached hydrogen (secondary N) is 1. The van der Waals surface area contributed by atoms with Crippen molar-refractivity contribution in [1.82, 2.24) is 13.9 Å². The van der Waals surface area contributed by atoms with Crippen LogP contribution in [0.3, 0.4) is 0 Å². The SMILES string of the molecule is COC(=O)C1Cc2ncn(Cc3ccccc3)c2CN1S(=O)(=O)c1ccc(NC(C)=O)cc1. The van der Waals surface area contributed by atoms with E-state index in [1.54, 1.807) is 6.33 Å². The number of benzene rings is 2. The summed E-state index contributed by atoms with van der Waals surface area (Å²) in [4.78, 5) is 28.2. The van der Waals surface area contributed by atoms with Crippen LogP contribution in [0, 0.1) is 0 Å². The molecule has 0 radical (unpaired) electrons. The van der Waals surface area contributed by atoms with Gasteiger partial charge in [-0.25, -0.2) is 13.4 Å². The third-order valence-electron chi connectivity index (χ3n) is 5.52. The summed E-state index contributed by atoms with van der Waals surface area (Å²) in [5.74, 6) is -0.900. The second-order valence-electron chi connectivity index (χ2n) is 7.75. The van der Waals surface area contributed by atoms with Gasteiger partial charge < -0.3 is 14.6 Å². The molecule has 1 N–H and O–H groups in total. The smallest absolute Gasteiger partial charge is 0.324 e. The van der Waals surface area contributed by atoms with Gasteiger partial charge in [0.25, 0.3) is 0 Å². The van der Waals surface area contributed by atoms with Gasteiger partial charge in [0.15, 0.2) is 0 Å². The molecule has 1 aliphatic heterocycles. The van der Waals surface area contributed by atoms with Crippen molar-refractivity contribution in [2.24, 2.45) is 0 Å². The van der Waals surface area contributed by atoms with Crippen LogP contribution in [0.2, 0.25) is 0 Å². The predicted octanol–water partition coefficient (Wildman–Crippen LogP) is 2.18. The largest absolute Gasteiger partial charge is 0.468 e. The molecule has 4 rings (SSSR count). The minimum atomic E-state index is -4.04. The fraction of sp³-hybridized carbons (Fsp3) is 0.261. The second kappa shape index (κ2) is 9.16. The molecule has 0 bridgehead atoms. The van der Waals surface area contributed by atoms with Crippen molar-refractivity contribution in [3.05, 3.63) is 77.9 Å². The molecule has 0 spiro atoms. The highest BCUT2D eigenvalue weighted by molar-refractivity contribution is 7.89. The van der Waals surface area contributed by atoms with Crippen LogP contribution >= 0.6 is 0 Å². The van der Waals surface area contributed by atoms with Crippen LogP contribution in [0.5, 0.6) is 0 Å². The first-order chi connectivity index (χ1) is 15.8. The highest BCUT2D eigenvalue weighted by Gasteiger charge is 2.42. The Hall–Kier alpha value is -3.50. The number of ether oxygens (including phenoxy) is 1. The van der Waals surface area contributed by atoms with E-state index in [-0.39, 0.29) is 23.8 Å². The highest BCUT2D eigenvalue weighted by Crippen LogP contribution is 2.30. The van der Waals surface area contributed by atoms with Crippen molar-refractivity contribution in [3.63, 3.8) is 0 Å². The number of esters is 1. The number of imidazole rings is 1. The normalized spacial score (nSPS) is 16.1. The highest BCUT2D eigenvalue weighted by atomic mass is 32.2. The molecule has 0 aliphatic carbocycles. The number of anilines is 1. The molecule has 3 aromatic rings. The number of methoxy groups -OCH3 is 1. The van der Waals surface area contributed by atoms with E-state index in [0.717, 1.165) is 15.6 Å². The van der Waals surface area contributed by atoms with Crippen molar-refractivity contribution < 1.29 is 22.7 Å². The monoisotopic (exact) mass is 468 g/mol. The van der Waals surface area contributed by atoms with Crippen LogP contribution in [0.1, 0.15) is 23.9 Å². The van der Waals surface area contributed by atoms with E-state index in [1.165, 1.54) is 38.3 Å². The molecule has 0 fully saturated rings. The summed E-state index contributed by atoms with van der Waals surface area (Å²) in [7, 11) is -2.81. The maximum atomic E-state index is 13.6. The number of nitrogens with zero attached hydrogens (tertiary/aromatic N) is 3. The summed E-state index contributed by atoms with van der Waals surface area (Å²) >= 11 is 0. The Kier molecular flexibility index (Phi) is 6.30. The lowest BCUT2D eigenvalue weighted by molar-refractivity contribution is -0.145. The molecule has 10 heteroatoms. The van der Waals surface area contributed by atoms with Gasteiger partial charge in [0.2, 0.25) is 15.9 Å². The molecule has 1 unspecified atom stereocenters. The van der Waals surface area contributed by atoms with Crippen molar-refractivity contribution >= 4 is 27.6 Å². The van der Waals surface area contributed by atoms with E-state index < -0.39 is 22.0 Å². The average Bonchev–Trinajstić information content (AvgIpc) is 3.20. The molecule has 0 saturated carbocycles. The Morgan fingerprint density at radius 3 is 2.45 bits per heavy atom. The van der Waals surface area contributed by atoms with E-state index in [4.69, 9.17) is 4.74 Å². The first-order valence-corrected chi connectivity index (χ1v) is 11.8. The Morgan fingerprint density at radius 2 is 1.82 bits per heavy atom. The minimum absolute atomic E-state index is 0.0162. The van der Waals surface area contributed by atoms with Gasteiger partial charge in [-0.1, -0.05) is 30.3 Å². The van der Waals surface area contributed by atoms with Gasteiger partial charge >= 0.3 is 5.97 Å². The lowest BCUT2D eigenvalue weighted by Crippen LogP contribution is -2.49. The molecule has 0 saturated heterocycles. The number of hydrogen-bond acceptors (Lipinski definition) is 6. The zero-order valence-corrected chi connectivity index (χ0v) is 19.1. The van der Waals surface area contributed by atoms with E-state index in [0.29, 0.717) is 17.9 Å². The van der Waals surface area contributed by atoms with Crippen molar-refractivity contribution in [2.75, 3.05) is 12.4 Å². The Bertz CT molecular complexity index is 1270. The van der Waals surface area contributed by atoms with Crippen LogP contribution in [-0.2, 0) is 43.9 Å². The zero-order chi connectivity index (χ0) is 23.6. The van der Waals surface area contributed by atoms with E-state index >= 15 is 0 Å². The summed E-state index contributed by atoms with van der Waals surface area (Å²) in [6, 6.07) is 14.6. The minimum Gasteiger partial charge on any atom is -0.468 e. The van der Waals surface area contributed by atoms with Gasteiger partial charge in [-0.3, -0.25) is 9.59 Å². The van der Waals surface area contributed by atoms with Gasteiger partial charge in [-0.15, -0.1) is 0 Å². The summed E-state index contributed by atoms with van der Waals surface area (Å²) in [5.41, 5.74) is 2.94. The van der Waals surface area contributed by atoms with Gasteiger partial charge in [-0.2, -0.15) is 4.31 Å². The number of carbonyl (C=O) groups excluding carboxylic acids is 2. The van der Waals surface area contributed by atoms with Gasteiger partial charge in [-0.05, 0) is 29.8 Å². The van der Waals surface area contributed by atoms with E-state index in [9.17, 15) is 18.0 Å². The second-order valence-corrected chi connectivity index (χ2v) is 9.64. The number of aromatic nitrogens is 2. The molecule has 1 atom stereocenters. The summed E-state index contributed by atoms with van der Waals surface area (Å²) in [6.45, 7) is 1.89. The Labute approximate surface area is 192 Å². The zero-order valence-electron chi connectivity index (χ0n) is 18.3. The van der Waals surface area contributed by atoms with Gasteiger partial charge in [0.1, 0.15) is 6.04 Å². The van der Waals surface area contributed by atoms with Crippen molar-refractivity contribution in [3.8, 4) is 0 Å². The molecular formula is C23H24N4O5S. The molecule has 2 heterocycles. The summed E-state index contributed by atoms with van der Waals surface area (Å²) in [6.07, 6.45) is 1.79. The maximum absolute atomic E-state index is 13.6. The molecule has 9 nitrogen and oxygen atoms in total. The van der Waals surface area contributed by atoms with Crippen LogP contribution < -0.4 is 5.32 Å². The van der Waals surface area contributed by atoms with Crippen molar-refractivity contribution in [2.45, 2.75) is 37.4 Å². The number of fused-ring (bicyclic) bond motifs is 1. The average molecular weight is 469 g/mol. The molecule has 2 aromatic carbocycles. The molecular weight excluding hydrogens is 444 g/mol. The standard InChI is InChI=1S/C23H24N4O5S/c1-16(28)25-18-8-10-19(11-9-18)33(30,31)27-14-22-20(12-21(27)23(29)32-2)24-15-26(22)13-17-6-4-3-5-7-17/h3-11,15,21H,12-14H2,1-2H3,(H,25,28). The first-order valence-electron chi connectivity index (χ1n) is 10.3. The number of hydrogen-bond donors (Lipinski definition) is 1. The number of rotatable bonds is 6. The third-order valence-corrected chi connectivity index (χ3v) is 7.39. The molecule has 33 heavy (non-hydrogen) atoms. The fourth-order valence-electron chi connectivity index (χ4n) is 3.90. The maximum Gasteiger partial charge on any atom is 0.324 e. The quantitative estimate of drug-likeness (QED) is 0.555. The fourth-order valence-corrected chi connectivity index (χ4v) is 5.44. The van der Waals surface area contributed by atoms with Crippen LogP contribution in [0.25, 0.3) is 0 Å². The molecule has 1 amide bonds. The third kappa shape index (κ3) is 4.67. The summed E-state index contributed by atoms with van der Waals surface area (Å²) in [5, 5.41) is 2.61. The number of carbonyl (C=O) groups is 2. The van der Waals surface area contributed by atoms with Crippen molar-refractivity contribution in [1.29, 1.82) is 0 Å². The first kappa shape index (κ1) is 22.7. The van der Waals surface area contributed by atoms with Crippen LogP contribution in [-0.4, -0.2) is 47.3 Å². The van der Waals surface area contributed by atoms with Gasteiger partial charge in [0.05, 0.1) is 36.3 Å². The molecule has 1 aromatic heterocycles. The molecule has 1 aliphatic rings. The van der Waals surface area contributed by atoms with Gasteiger partial charge in [0, 0.05) is 25.6 Å². The summed E-state index contributed by atoms with van der Waals surface area (Å²) < 4.78 is 35.1. The Balaban J connectivity index is 1.68. The lowest BCUT2D eigenvalue weighted by atomic mass is 10.1. The van der Waals surface area contributed by atoms with E-state index in [2.05, 4.69) is 10.3 Å². The number of amides is 1. The topological polar surface area (TPSA) is 111 Å². The van der Waals surface area contributed by atoms with Crippen LogP contribution in [0.4, 0.5) is 5.69 Å². The molecule has 172 valence electrons. The lowest BCUT2D eigenvalue weighted by Gasteiger charge is -2.33. The van der Waals surface area contributed by atoms with E-state index in [1.807, 2.05) is 34.9 Å². The Morgan fingerprint density at radius 1 is 1.12 bits per heavy atom. The predicted molar refractivity (Wildman–Crippen MR) is 121 cm³/mol. The number of sulfonamides is 1. The van der Waals surface area contributed by atoms with Crippen LogP contribution in [0.15, 0.2) is 65.8 Å².